The van der Waals surface area contributed by atoms with E-state index in [-0.39, 0.29) is 6.04 Å². The third kappa shape index (κ3) is 4.22. The molecule has 0 bridgehead atoms. The van der Waals surface area contributed by atoms with E-state index in [1.54, 1.807) is 6.26 Å². The van der Waals surface area contributed by atoms with Crippen LogP contribution in [-0.4, -0.2) is 37.4 Å². The van der Waals surface area contributed by atoms with E-state index in [1.807, 2.05) is 20.8 Å². The maximum absolute atomic E-state index is 10.9. The molecule has 6 heteroatoms. The second kappa shape index (κ2) is 5.89. The standard InChI is InChI=1S/C10H18N4OS/c1-7(5-6-16(4)15)11-10-12-8(2)9(3)13-14-10/h7H,5-6H2,1-4H3,(H,11,12,14). The van der Waals surface area contributed by atoms with E-state index in [2.05, 4.69) is 20.5 Å². The average molecular weight is 242 g/mol. The van der Waals surface area contributed by atoms with E-state index >= 15 is 0 Å². The van der Waals surface area contributed by atoms with Crippen LogP contribution in [-0.2, 0) is 10.8 Å². The maximum Gasteiger partial charge on any atom is 0.243 e. The van der Waals surface area contributed by atoms with Crippen molar-refractivity contribution < 1.29 is 4.21 Å². The lowest BCUT2D eigenvalue weighted by molar-refractivity contribution is 0.677. The minimum atomic E-state index is -0.749. The van der Waals surface area contributed by atoms with Gasteiger partial charge >= 0.3 is 0 Å². The van der Waals surface area contributed by atoms with E-state index in [1.165, 1.54) is 0 Å². The molecule has 1 aromatic rings. The summed E-state index contributed by atoms with van der Waals surface area (Å²) in [5.41, 5.74) is 1.72. The fourth-order valence-electron chi connectivity index (χ4n) is 1.15. The van der Waals surface area contributed by atoms with Gasteiger partial charge in [0.05, 0.1) is 11.4 Å². The summed E-state index contributed by atoms with van der Waals surface area (Å²) >= 11 is 0. The second-order valence-corrected chi connectivity index (χ2v) is 5.47. The third-order valence-electron chi connectivity index (χ3n) is 2.31. The van der Waals surface area contributed by atoms with Crippen molar-refractivity contribution in [3.8, 4) is 0 Å². The maximum atomic E-state index is 10.9. The lowest BCUT2D eigenvalue weighted by Crippen LogP contribution is -2.20. The largest absolute Gasteiger partial charge is 0.350 e. The summed E-state index contributed by atoms with van der Waals surface area (Å²) in [6.07, 6.45) is 2.54. The number of rotatable bonds is 5. The third-order valence-corrected chi connectivity index (χ3v) is 3.12. The number of aromatic nitrogens is 3. The van der Waals surface area contributed by atoms with Crippen molar-refractivity contribution >= 4 is 16.7 Å². The summed E-state index contributed by atoms with van der Waals surface area (Å²) in [5, 5.41) is 11.1. The SMILES string of the molecule is Cc1nnc(NC(C)CCS(C)=O)nc1C. The van der Waals surface area contributed by atoms with E-state index in [9.17, 15) is 4.21 Å². The van der Waals surface area contributed by atoms with Gasteiger partial charge in [0, 0.05) is 28.9 Å². The van der Waals surface area contributed by atoms with Gasteiger partial charge < -0.3 is 5.32 Å². The Hall–Kier alpha value is -1.04. The van der Waals surface area contributed by atoms with Crippen LogP contribution in [0.5, 0.6) is 0 Å². The van der Waals surface area contributed by atoms with E-state index in [4.69, 9.17) is 0 Å². The van der Waals surface area contributed by atoms with Crippen LogP contribution in [0.3, 0.4) is 0 Å². The molecular formula is C10H18N4OS. The predicted octanol–water partition coefficient (Wildman–Crippen LogP) is 1.06. The van der Waals surface area contributed by atoms with Crippen molar-refractivity contribution in [1.82, 2.24) is 15.2 Å². The van der Waals surface area contributed by atoms with Crippen molar-refractivity contribution in [2.24, 2.45) is 0 Å². The highest BCUT2D eigenvalue weighted by Crippen LogP contribution is 2.05. The first-order valence-corrected chi connectivity index (χ1v) is 6.96. The average Bonchev–Trinajstić information content (AvgIpc) is 2.21. The molecule has 90 valence electrons. The van der Waals surface area contributed by atoms with Crippen LogP contribution in [0.4, 0.5) is 5.95 Å². The van der Waals surface area contributed by atoms with Crippen molar-refractivity contribution in [1.29, 1.82) is 0 Å². The molecule has 2 unspecified atom stereocenters. The Morgan fingerprint density at radius 2 is 2.00 bits per heavy atom. The van der Waals surface area contributed by atoms with Gasteiger partial charge in [-0.25, -0.2) is 4.98 Å². The Kier molecular flexibility index (Phi) is 4.79. The van der Waals surface area contributed by atoms with Crippen LogP contribution >= 0.6 is 0 Å². The fourth-order valence-corrected chi connectivity index (χ4v) is 1.84. The molecule has 1 heterocycles. The first kappa shape index (κ1) is 13.0. The number of aryl methyl sites for hydroxylation is 2. The van der Waals surface area contributed by atoms with E-state index in [0.29, 0.717) is 11.7 Å². The predicted molar refractivity (Wildman–Crippen MR) is 65.9 cm³/mol. The molecule has 1 aromatic heterocycles. The number of nitrogens with zero attached hydrogens (tertiary/aromatic N) is 3. The highest BCUT2D eigenvalue weighted by atomic mass is 32.2. The first-order chi connectivity index (χ1) is 7.49. The van der Waals surface area contributed by atoms with Crippen LogP contribution in [0.2, 0.25) is 0 Å². The minimum Gasteiger partial charge on any atom is -0.350 e. The molecule has 0 saturated heterocycles. The Morgan fingerprint density at radius 1 is 1.31 bits per heavy atom. The molecule has 1 N–H and O–H groups in total. The summed E-state index contributed by atoms with van der Waals surface area (Å²) < 4.78 is 10.9. The zero-order chi connectivity index (χ0) is 12.1. The van der Waals surface area contributed by atoms with E-state index < -0.39 is 10.8 Å². The van der Waals surface area contributed by atoms with Crippen LogP contribution in [0.1, 0.15) is 24.7 Å². The van der Waals surface area contributed by atoms with Gasteiger partial charge in [0.25, 0.3) is 0 Å². The summed E-state index contributed by atoms with van der Waals surface area (Å²) in [5.74, 6) is 1.23. The zero-order valence-electron chi connectivity index (χ0n) is 10.1. The van der Waals surface area contributed by atoms with Crippen LogP contribution in [0.15, 0.2) is 0 Å². The molecular weight excluding hydrogens is 224 g/mol. The van der Waals surface area contributed by atoms with Crippen LogP contribution < -0.4 is 5.32 Å². The second-order valence-electron chi connectivity index (χ2n) is 3.92. The lowest BCUT2D eigenvalue weighted by atomic mass is 10.3. The molecule has 0 fully saturated rings. The molecule has 1 rings (SSSR count). The smallest absolute Gasteiger partial charge is 0.243 e. The molecule has 0 spiro atoms. The highest BCUT2D eigenvalue weighted by Gasteiger charge is 2.06. The van der Waals surface area contributed by atoms with Gasteiger partial charge in [0.1, 0.15) is 0 Å². The molecule has 0 aliphatic carbocycles. The van der Waals surface area contributed by atoms with Gasteiger partial charge in [-0.15, -0.1) is 5.10 Å². The zero-order valence-corrected chi connectivity index (χ0v) is 11.0. The van der Waals surface area contributed by atoms with Gasteiger partial charge in [0.15, 0.2) is 0 Å². The van der Waals surface area contributed by atoms with Gasteiger partial charge in [-0.05, 0) is 27.2 Å². The van der Waals surface area contributed by atoms with Crippen LogP contribution in [0.25, 0.3) is 0 Å². The Morgan fingerprint density at radius 3 is 2.56 bits per heavy atom. The first-order valence-electron chi connectivity index (χ1n) is 5.23. The molecule has 0 aromatic carbocycles. The molecule has 0 aliphatic heterocycles. The van der Waals surface area contributed by atoms with Gasteiger partial charge in [0.2, 0.25) is 5.95 Å². The fraction of sp³-hybridized carbons (Fsp3) is 0.700. The summed E-state index contributed by atoms with van der Waals surface area (Å²) in [6.45, 7) is 5.80. The summed E-state index contributed by atoms with van der Waals surface area (Å²) in [6, 6.07) is 0.202. The molecule has 0 amide bonds. The number of anilines is 1. The lowest BCUT2D eigenvalue weighted by Gasteiger charge is -2.12. The number of hydrogen-bond acceptors (Lipinski definition) is 5. The van der Waals surface area contributed by atoms with Crippen molar-refractivity contribution in [2.75, 3.05) is 17.3 Å². The van der Waals surface area contributed by atoms with E-state index in [0.717, 1.165) is 17.8 Å². The molecule has 0 radical (unpaired) electrons. The number of nitrogens with one attached hydrogen (secondary N) is 1. The van der Waals surface area contributed by atoms with Crippen LogP contribution in [0, 0.1) is 13.8 Å². The Labute approximate surface area is 98.5 Å². The molecule has 0 aliphatic rings. The van der Waals surface area contributed by atoms with Crippen molar-refractivity contribution in [3.63, 3.8) is 0 Å². The number of hydrogen-bond donors (Lipinski definition) is 1. The van der Waals surface area contributed by atoms with Gasteiger partial charge in [-0.2, -0.15) is 5.10 Å². The minimum absolute atomic E-state index is 0.202. The normalized spacial score (nSPS) is 14.5. The Balaban J connectivity index is 2.52. The van der Waals surface area contributed by atoms with Crippen molar-refractivity contribution in [2.45, 2.75) is 33.2 Å². The van der Waals surface area contributed by atoms with Crippen molar-refractivity contribution in [3.05, 3.63) is 11.4 Å². The molecule has 5 nitrogen and oxygen atoms in total. The van der Waals surface area contributed by atoms with Gasteiger partial charge in [-0.1, -0.05) is 0 Å². The topological polar surface area (TPSA) is 67.8 Å². The molecule has 0 saturated carbocycles. The summed E-state index contributed by atoms with van der Waals surface area (Å²) in [4.78, 5) is 4.28. The summed E-state index contributed by atoms with van der Waals surface area (Å²) in [7, 11) is -0.749. The quantitative estimate of drug-likeness (QED) is 0.836. The highest BCUT2D eigenvalue weighted by molar-refractivity contribution is 7.84. The monoisotopic (exact) mass is 242 g/mol. The van der Waals surface area contributed by atoms with Gasteiger partial charge in [-0.3, -0.25) is 4.21 Å². The molecule has 16 heavy (non-hydrogen) atoms. The Bertz CT molecular complexity index is 383. The molecule has 2 atom stereocenters.